The molecule has 0 saturated carbocycles. The van der Waals surface area contributed by atoms with Crippen LogP contribution in [0.5, 0.6) is 0 Å². The number of halogens is 1. The number of aromatic nitrogens is 4. The minimum atomic E-state index is -2.59. The smallest absolute Gasteiger partial charge is 0.766 e. The summed E-state index contributed by atoms with van der Waals surface area (Å²) in [4.78, 5) is 7.89. The number of pyridine rings is 1. The van der Waals surface area contributed by atoms with Crippen molar-refractivity contribution in [1.29, 1.82) is 0 Å². The van der Waals surface area contributed by atoms with E-state index in [0.717, 1.165) is 47.7 Å². The van der Waals surface area contributed by atoms with E-state index in [1.165, 1.54) is 22.5 Å². The number of ether oxygens (including phenoxy) is 1. The molecule has 1 aromatic carbocycles. The van der Waals surface area contributed by atoms with Gasteiger partial charge in [-0.25, -0.2) is 9.67 Å². The Balaban J connectivity index is 0.00000342. The van der Waals surface area contributed by atoms with Crippen molar-refractivity contribution in [3.8, 4) is 11.1 Å². The van der Waals surface area contributed by atoms with E-state index in [0.29, 0.717) is 12.2 Å². The summed E-state index contributed by atoms with van der Waals surface area (Å²) in [5.41, 5.74) is 5.64. The summed E-state index contributed by atoms with van der Waals surface area (Å²) < 4.78 is 44.4. The number of anilines is 2. The van der Waals surface area contributed by atoms with Crippen LogP contribution >= 0.6 is 0 Å². The van der Waals surface area contributed by atoms with Crippen LogP contribution in [0.25, 0.3) is 11.1 Å². The topological polar surface area (TPSA) is 105 Å². The van der Waals surface area contributed by atoms with E-state index in [-0.39, 0.29) is 47.4 Å². The molecule has 3 aromatic rings. The van der Waals surface area contributed by atoms with Crippen LogP contribution in [0, 0.1) is 12.9 Å². The Kier molecular flexibility index (Phi) is 9.41. The van der Waals surface area contributed by atoms with Crippen molar-refractivity contribution in [3.63, 3.8) is 0 Å². The molecule has 12 heteroatoms. The fourth-order valence-corrected chi connectivity index (χ4v) is 5.26. The number of benzene rings is 1. The molecule has 1 unspecified atom stereocenters. The Morgan fingerprint density at radius 3 is 2.74 bits per heavy atom. The molecule has 1 N–H and O–H groups in total. The van der Waals surface area contributed by atoms with E-state index in [1.807, 2.05) is 6.92 Å². The van der Waals surface area contributed by atoms with Gasteiger partial charge >= 0.3 is 29.6 Å². The van der Waals surface area contributed by atoms with Gasteiger partial charge in [-0.3, -0.25) is 4.21 Å². The zero-order valence-electron chi connectivity index (χ0n) is 20.9. The van der Waals surface area contributed by atoms with Gasteiger partial charge in [-0.2, -0.15) is 9.37 Å². The first-order valence-corrected chi connectivity index (χ1v) is 16.1. The molecule has 0 fully saturated rings. The molecule has 1 aliphatic rings. The second-order valence-electron chi connectivity index (χ2n) is 9.73. The van der Waals surface area contributed by atoms with Crippen molar-refractivity contribution in [2.45, 2.75) is 63.8 Å². The first-order valence-electron chi connectivity index (χ1n) is 11.3. The Morgan fingerprint density at radius 2 is 2.06 bits per heavy atom. The molecule has 0 bridgehead atoms. The van der Waals surface area contributed by atoms with Crippen LogP contribution in [0.15, 0.2) is 29.6 Å². The molecule has 0 saturated heterocycles. The summed E-state index contributed by atoms with van der Waals surface area (Å²) >= 11 is -2.59. The molecule has 0 radical (unpaired) electrons. The van der Waals surface area contributed by atoms with Gasteiger partial charge in [0.1, 0.15) is 6.73 Å². The zero-order chi connectivity index (χ0) is 24.5. The number of aryl methyl sites for hydroxylation is 2. The third kappa shape index (κ3) is 6.85. The van der Waals surface area contributed by atoms with E-state index in [9.17, 15) is 13.2 Å². The Labute approximate surface area is 230 Å². The predicted molar refractivity (Wildman–Crippen MR) is 131 cm³/mol. The molecule has 0 aliphatic heterocycles. The fraction of sp³-hybridized carbons (Fsp3) is 0.435. The van der Waals surface area contributed by atoms with Crippen LogP contribution in [0.4, 0.5) is 16.0 Å². The van der Waals surface area contributed by atoms with E-state index < -0.39 is 25.1 Å². The van der Waals surface area contributed by atoms with Gasteiger partial charge in [0.15, 0.2) is 0 Å². The van der Waals surface area contributed by atoms with E-state index in [2.05, 4.69) is 46.1 Å². The SMILES string of the molecule is Cc1cc2c(c(Nc3nc(S(=O)[O-])nn3COCC[Si](C)(C)C)c1-c1ccnc(F)c1)CCC2.[Na+]. The quantitative estimate of drug-likeness (QED) is 0.196. The molecule has 0 spiro atoms. The zero-order valence-corrected chi connectivity index (χ0v) is 24.7. The second-order valence-corrected chi connectivity index (χ2v) is 16.2. The van der Waals surface area contributed by atoms with Gasteiger partial charge in [0.25, 0.3) is 0 Å². The van der Waals surface area contributed by atoms with Crippen molar-refractivity contribution in [2.75, 3.05) is 11.9 Å². The predicted octanol–water partition coefficient (Wildman–Crippen LogP) is 1.57. The summed E-state index contributed by atoms with van der Waals surface area (Å²) in [7, 11) is -1.27. The number of rotatable bonds is 9. The van der Waals surface area contributed by atoms with Crippen LogP contribution in [-0.2, 0) is 35.4 Å². The van der Waals surface area contributed by atoms with Crippen molar-refractivity contribution >= 4 is 30.8 Å². The van der Waals surface area contributed by atoms with Gasteiger partial charge < -0.3 is 14.6 Å². The van der Waals surface area contributed by atoms with Gasteiger partial charge in [-0.05, 0) is 60.6 Å². The van der Waals surface area contributed by atoms with Crippen LogP contribution in [0.3, 0.4) is 0 Å². The summed E-state index contributed by atoms with van der Waals surface area (Å²) in [5.74, 6) is -0.297. The van der Waals surface area contributed by atoms with Gasteiger partial charge in [0.05, 0.1) is 5.69 Å². The number of hydrogen-bond acceptors (Lipinski definition) is 7. The summed E-state index contributed by atoms with van der Waals surface area (Å²) in [6, 6.07) is 6.29. The average Bonchev–Trinajstić information content (AvgIpc) is 3.37. The first kappa shape index (κ1) is 28.1. The molecule has 2 aromatic heterocycles. The minimum absolute atomic E-state index is 0. The Morgan fingerprint density at radius 1 is 1.29 bits per heavy atom. The van der Waals surface area contributed by atoms with Crippen molar-refractivity contribution in [2.24, 2.45) is 0 Å². The first-order chi connectivity index (χ1) is 16.1. The molecule has 0 amide bonds. The molecule has 1 atom stereocenters. The maximum atomic E-state index is 14.0. The molecule has 182 valence electrons. The van der Waals surface area contributed by atoms with Crippen LogP contribution in [0.2, 0.25) is 25.7 Å². The largest absolute Gasteiger partial charge is 1.00 e. The molecular weight excluding hydrogens is 496 g/mol. The molecule has 2 heterocycles. The summed E-state index contributed by atoms with van der Waals surface area (Å²) in [6.45, 7) is 9.41. The number of nitrogens with one attached hydrogen (secondary N) is 1. The maximum Gasteiger partial charge on any atom is 1.00 e. The normalized spacial score (nSPS) is 13.9. The van der Waals surface area contributed by atoms with Crippen LogP contribution in [0.1, 0.15) is 23.1 Å². The third-order valence-electron chi connectivity index (χ3n) is 5.86. The van der Waals surface area contributed by atoms with Crippen LogP contribution in [-0.4, -0.2) is 43.2 Å². The molecule has 35 heavy (non-hydrogen) atoms. The number of nitrogens with zero attached hydrogens (tertiary/aromatic N) is 4. The third-order valence-corrected chi connectivity index (χ3v) is 8.04. The molecule has 4 rings (SSSR count). The fourth-order valence-electron chi connectivity index (χ4n) is 4.18. The van der Waals surface area contributed by atoms with Gasteiger partial charge in [0.2, 0.25) is 17.1 Å². The minimum Gasteiger partial charge on any atom is -0.766 e. The summed E-state index contributed by atoms with van der Waals surface area (Å²) in [6.07, 6.45) is 4.27. The molecule has 1 aliphatic carbocycles. The van der Waals surface area contributed by atoms with Crippen molar-refractivity contribution in [3.05, 3.63) is 47.0 Å². The number of fused-ring (bicyclic) bond motifs is 1. The Hall–Kier alpha value is -1.47. The van der Waals surface area contributed by atoms with Gasteiger partial charge in [-0.1, -0.05) is 25.7 Å². The van der Waals surface area contributed by atoms with E-state index in [1.54, 1.807) is 6.07 Å². The Bertz CT molecular complexity index is 1230. The van der Waals surface area contributed by atoms with E-state index >= 15 is 0 Å². The number of hydrogen-bond donors (Lipinski definition) is 1. The van der Waals surface area contributed by atoms with Crippen LogP contribution < -0.4 is 34.9 Å². The van der Waals surface area contributed by atoms with Crippen molar-refractivity contribution < 1.29 is 47.4 Å². The molecular formula is C23H29FN5NaO3SSi. The standard InChI is InChI=1S/C23H30FN5O3SSi.Na/c1-15-12-16-6-5-7-18(16)21(20(15)17-8-9-25-19(24)13-17)26-22-27-23(33(30)31)28-29(22)14-32-10-11-34(2,3)4;/h8-9,12-13H,5-7,10-11,14H2,1-4H3,(H,30,31)(H,26,27,28);/q;+1/p-1. The van der Waals surface area contributed by atoms with Gasteiger partial charge in [0, 0.05) is 43.6 Å². The van der Waals surface area contributed by atoms with Crippen molar-refractivity contribution in [1.82, 2.24) is 19.7 Å². The van der Waals surface area contributed by atoms with Gasteiger partial charge in [-0.15, -0.1) is 5.10 Å². The van der Waals surface area contributed by atoms with E-state index in [4.69, 9.17) is 4.74 Å². The summed E-state index contributed by atoms with van der Waals surface area (Å²) in [5, 5.41) is 7.15. The average molecular weight is 526 g/mol. The molecule has 8 nitrogen and oxygen atoms in total. The second kappa shape index (κ2) is 11.7. The monoisotopic (exact) mass is 525 g/mol. The maximum absolute atomic E-state index is 14.0.